The third-order valence-electron chi connectivity index (χ3n) is 2.42. The van der Waals surface area contributed by atoms with Crippen LogP contribution in [-0.2, 0) is 0 Å². The summed E-state index contributed by atoms with van der Waals surface area (Å²) < 4.78 is 2.05. The van der Waals surface area contributed by atoms with Crippen molar-refractivity contribution in [2.24, 2.45) is 0 Å². The predicted octanol–water partition coefficient (Wildman–Crippen LogP) is 2.77. The Bertz CT molecular complexity index is 603. The van der Waals surface area contributed by atoms with Crippen molar-refractivity contribution in [3.8, 4) is 0 Å². The molecular weight excluding hydrogens is 300 g/mol. The Balaban J connectivity index is 2.54. The average Bonchev–Trinajstić information content (AvgIpc) is 2.54. The Kier molecular flexibility index (Phi) is 3.02. The number of rotatable bonds is 1. The molecule has 2 aromatic heterocycles. The molecule has 96 valence electrons. The highest BCUT2D eigenvalue weighted by atomic mass is 79.9. The summed E-state index contributed by atoms with van der Waals surface area (Å²) in [5, 5.41) is 13.4. The Morgan fingerprint density at radius 1 is 1.50 bits per heavy atom. The molecule has 0 bridgehead atoms. The number of amides is 1. The molecule has 0 spiro atoms. The first-order valence-corrected chi connectivity index (χ1v) is 6.13. The molecule has 0 fully saturated rings. The van der Waals surface area contributed by atoms with E-state index in [1.165, 1.54) is 4.90 Å². The van der Waals surface area contributed by atoms with E-state index in [-0.39, 0.29) is 0 Å². The van der Waals surface area contributed by atoms with Crippen LogP contribution in [0.1, 0.15) is 20.8 Å². The fourth-order valence-electron chi connectivity index (χ4n) is 1.77. The van der Waals surface area contributed by atoms with E-state index in [0.717, 1.165) is 0 Å². The minimum atomic E-state index is -0.995. The second kappa shape index (κ2) is 4.24. The Labute approximate surface area is 112 Å². The SMILES string of the molecule is CC(C)(C)N(C(=O)O)c1ccn2nc(Br)nc2c1. The number of fused-ring (bicyclic) bond motifs is 1. The maximum Gasteiger partial charge on any atom is 0.412 e. The molecule has 2 rings (SSSR count). The van der Waals surface area contributed by atoms with Crippen LogP contribution in [0.15, 0.2) is 23.1 Å². The smallest absolute Gasteiger partial charge is 0.412 e. The summed E-state index contributed by atoms with van der Waals surface area (Å²) in [6.45, 7) is 5.52. The van der Waals surface area contributed by atoms with Crippen LogP contribution in [0.25, 0.3) is 5.65 Å². The number of nitrogens with zero attached hydrogens (tertiary/aromatic N) is 4. The van der Waals surface area contributed by atoms with E-state index in [0.29, 0.717) is 16.1 Å². The highest BCUT2D eigenvalue weighted by Crippen LogP contribution is 2.25. The molecule has 2 heterocycles. The molecule has 0 aliphatic heterocycles. The van der Waals surface area contributed by atoms with Crippen molar-refractivity contribution in [1.82, 2.24) is 14.6 Å². The molecular formula is C11H13BrN4O2. The van der Waals surface area contributed by atoms with Crippen molar-refractivity contribution < 1.29 is 9.90 Å². The monoisotopic (exact) mass is 312 g/mol. The number of carboxylic acid groups (broad SMARTS) is 1. The zero-order valence-corrected chi connectivity index (χ0v) is 11.8. The summed E-state index contributed by atoms with van der Waals surface area (Å²) in [6, 6.07) is 3.39. The highest BCUT2D eigenvalue weighted by molar-refractivity contribution is 9.10. The lowest BCUT2D eigenvalue weighted by molar-refractivity contribution is 0.195. The van der Waals surface area contributed by atoms with Crippen LogP contribution in [-0.4, -0.2) is 31.3 Å². The standard InChI is InChI=1S/C11H13BrN4O2/c1-11(2,3)16(10(17)18)7-4-5-15-8(6-7)13-9(12)14-15/h4-6H,1-3H3,(H,17,18). The third-order valence-corrected chi connectivity index (χ3v) is 2.75. The molecule has 0 aromatic carbocycles. The molecule has 0 aliphatic carbocycles. The van der Waals surface area contributed by atoms with Gasteiger partial charge >= 0.3 is 6.09 Å². The zero-order valence-electron chi connectivity index (χ0n) is 10.3. The number of pyridine rings is 1. The largest absolute Gasteiger partial charge is 0.465 e. The molecule has 1 amide bonds. The summed E-state index contributed by atoms with van der Waals surface area (Å²) in [5.41, 5.74) is 0.638. The van der Waals surface area contributed by atoms with Crippen LogP contribution >= 0.6 is 15.9 Å². The lowest BCUT2D eigenvalue weighted by atomic mass is 10.1. The van der Waals surface area contributed by atoms with Crippen molar-refractivity contribution in [1.29, 1.82) is 0 Å². The van der Waals surface area contributed by atoms with Crippen molar-refractivity contribution in [3.63, 3.8) is 0 Å². The molecule has 0 saturated heterocycles. The van der Waals surface area contributed by atoms with Gasteiger partial charge in [0.25, 0.3) is 0 Å². The summed E-state index contributed by atoms with van der Waals surface area (Å²) in [4.78, 5) is 16.8. The summed E-state index contributed by atoms with van der Waals surface area (Å²) in [5.74, 6) is 0. The van der Waals surface area contributed by atoms with E-state index in [2.05, 4.69) is 26.0 Å². The van der Waals surface area contributed by atoms with Gasteiger partial charge in [-0.05, 0) is 42.8 Å². The van der Waals surface area contributed by atoms with E-state index in [1.54, 1.807) is 22.8 Å². The number of hydrogen-bond donors (Lipinski definition) is 1. The van der Waals surface area contributed by atoms with Crippen LogP contribution in [0.3, 0.4) is 0 Å². The van der Waals surface area contributed by atoms with Crippen LogP contribution in [0.2, 0.25) is 0 Å². The first kappa shape index (κ1) is 12.8. The van der Waals surface area contributed by atoms with Crippen LogP contribution in [0, 0.1) is 0 Å². The molecule has 0 atom stereocenters. The zero-order chi connectivity index (χ0) is 13.5. The van der Waals surface area contributed by atoms with E-state index in [4.69, 9.17) is 0 Å². The second-order valence-corrected chi connectivity index (χ2v) is 5.57. The molecule has 1 N–H and O–H groups in total. The van der Waals surface area contributed by atoms with E-state index < -0.39 is 11.6 Å². The van der Waals surface area contributed by atoms with Gasteiger partial charge in [0.05, 0.1) is 5.69 Å². The second-order valence-electron chi connectivity index (χ2n) is 4.86. The van der Waals surface area contributed by atoms with Gasteiger partial charge in [0, 0.05) is 17.8 Å². The Hall–Kier alpha value is -1.63. The van der Waals surface area contributed by atoms with Gasteiger partial charge in [0.1, 0.15) is 0 Å². The third kappa shape index (κ3) is 2.31. The van der Waals surface area contributed by atoms with Gasteiger partial charge in [0.2, 0.25) is 4.73 Å². The van der Waals surface area contributed by atoms with Gasteiger partial charge in [-0.25, -0.2) is 14.3 Å². The predicted molar refractivity (Wildman–Crippen MR) is 70.9 cm³/mol. The Morgan fingerprint density at radius 2 is 2.17 bits per heavy atom. The summed E-state index contributed by atoms with van der Waals surface area (Å²) in [7, 11) is 0. The molecule has 0 aliphatic rings. The van der Waals surface area contributed by atoms with Crippen molar-refractivity contribution in [2.75, 3.05) is 4.90 Å². The number of hydrogen-bond acceptors (Lipinski definition) is 3. The molecule has 6 nitrogen and oxygen atoms in total. The van der Waals surface area contributed by atoms with Crippen molar-refractivity contribution in [3.05, 3.63) is 23.1 Å². The maximum absolute atomic E-state index is 11.4. The van der Waals surface area contributed by atoms with E-state index in [1.807, 2.05) is 20.8 Å². The highest BCUT2D eigenvalue weighted by Gasteiger charge is 2.28. The molecule has 2 aromatic rings. The normalized spacial score (nSPS) is 11.8. The number of halogens is 1. The molecule has 0 unspecified atom stereocenters. The minimum absolute atomic E-state index is 0.470. The minimum Gasteiger partial charge on any atom is -0.465 e. The van der Waals surface area contributed by atoms with Crippen LogP contribution in [0.4, 0.5) is 10.5 Å². The fraction of sp³-hybridized carbons (Fsp3) is 0.364. The van der Waals surface area contributed by atoms with Gasteiger partial charge in [-0.1, -0.05) is 0 Å². The topological polar surface area (TPSA) is 70.7 Å². The lowest BCUT2D eigenvalue weighted by Gasteiger charge is -2.33. The van der Waals surface area contributed by atoms with Gasteiger partial charge in [0.15, 0.2) is 5.65 Å². The van der Waals surface area contributed by atoms with Crippen LogP contribution < -0.4 is 4.90 Å². The number of aromatic nitrogens is 3. The van der Waals surface area contributed by atoms with Gasteiger partial charge in [-0.15, -0.1) is 5.10 Å². The first-order valence-electron chi connectivity index (χ1n) is 5.34. The van der Waals surface area contributed by atoms with E-state index in [9.17, 15) is 9.90 Å². The molecule has 7 heteroatoms. The average molecular weight is 313 g/mol. The Morgan fingerprint density at radius 3 is 2.72 bits per heavy atom. The summed E-state index contributed by atoms with van der Waals surface area (Å²) >= 11 is 3.18. The van der Waals surface area contributed by atoms with Gasteiger partial charge in [-0.2, -0.15) is 0 Å². The van der Waals surface area contributed by atoms with Gasteiger partial charge < -0.3 is 5.11 Å². The number of carbonyl (C=O) groups is 1. The quantitative estimate of drug-likeness (QED) is 0.879. The van der Waals surface area contributed by atoms with Crippen molar-refractivity contribution >= 4 is 33.4 Å². The van der Waals surface area contributed by atoms with Crippen molar-refractivity contribution in [2.45, 2.75) is 26.3 Å². The lowest BCUT2D eigenvalue weighted by Crippen LogP contribution is -2.45. The van der Waals surface area contributed by atoms with Gasteiger partial charge in [-0.3, -0.25) is 4.90 Å². The molecule has 0 saturated carbocycles. The first-order chi connectivity index (χ1) is 8.29. The number of anilines is 1. The maximum atomic E-state index is 11.4. The fourth-order valence-corrected chi connectivity index (χ4v) is 2.12. The molecule has 0 radical (unpaired) electrons. The van der Waals surface area contributed by atoms with Crippen LogP contribution in [0.5, 0.6) is 0 Å². The summed E-state index contributed by atoms with van der Waals surface area (Å²) in [6.07, 6.45) is 0.690. The van der Waals surface area contributed by atoms with E-state index >= 15 is 0 Å². The molecule has 18 heavy (non-hydrogen) atoms.